The van der Waals surface area contributed by atoms with Crippen LogP contribution in [0.1, 0.15) is 0 Å². The molecule has 0 aliphatic rings. The molecular weight excluding hydrogens is 306 g/mol. The summed E-state index contributed by atoms with van der Waals surface area (Å²) < 4.78 is 32.0. The second kappa shape index (κ2) is 3.22. The van der Waals surface area contributed by atoms with E-state index in [9.17, 15) is 0 Å². The number of rotatable bonds is 0. The zero-order valence-corrected chi connectivity index (χ0v) is 4.45. The quantitative estimate of drug-likeness (QED) is 0.470. The molecule has 6 heavy (non-hydrogen) atoms. The van der Waals surface area contributed by atoms with E-state index in [4.69, 9.17) is 13.2 Å². The van der Waals surface area contributed by atoms with E-state index in [0.717, 1.165) is 0 Å². The fourth-order valence-electron chi connectivity index (χ4n) is 0. The van der Waals surface area contributed by atoms with Crippen molar-refractivity contribution in [2.24, 2.45) is 0 Å². The van der Waals surface area contributed by atoms with Gasteiger partial charge in [0.05, 0.1) is 0 Å². The Balaban J connectivity index is 0. The number of hydrogen-bond donors (Lipinski definition) is 2. The Morgan fingerprint density at radius 3 is 1.17 bits per heavy atom. The predicted molar refractivity (Wildman–Crippen MR) is 21.5 cm³/mol. The Labute approximate surface area is 57.6 Å². The van der Waals surface area contributed by atoms with Gasteiger partial charge in [-0.25, -0.2) is 0 Å². The topological polar surface area (TPSA) is 74.6 Å². The third kappa shape index (κ3) is 65.0. The molecule has 0 aliphatic carbocycles. The van der Waals surface area contributed by atoms with Crippen LogP contribution in [0.2, 0.25) is 0 Å². The third-order valence-corrected chi connectivity index (χ3v) is 0. The van der Waals surface area contributed by atoms with Crippen molar-refractivity contribution in [3.05, 3.63) is 0 Å². The van der Waals surface area contributed by atoms with Crippen molar-refractivity contribution in [2.75, 3.05) is 0 Å². The van der Waals surface area contributed by atoms with Gasteiger partial charge < -0.3 is 0 Å². The summed E-state index contributed by atoms with van der Waals surface area (Å²) in [6.07, 6.45) is 0. The van der Waals surface area contributed by atoms with Crippen LogP contribution in [0.4, 0.5) is 0 Å². The fourth-order valence-corrected chi connectivity index (χ4v) is 0. The molecule has 0 unspecified atom stereocenters. The van der Waals surface area contributed by atoms with Crippen LogP contribution in [0.3, 0.4) is 0 Å². The third-order valence-electron chi connectivity index (χ3n) is 0. The van der Waals surface area contributed by atoms with Crippen molar-refractivity contribution in [2.45, 2.75) is 0 Å². The first-order valence-corrected chi connectivity index (χ1v) is 4.69. The van der Waals surface area contributed by atoms with E-state index in [1.54, 1.807) is 0 Å². The summed E-state index contributed by atoms with van der Waals surface area (Å²) in [5.74, 6) is 0. The van der Waals surface area contributed by atoms with E-state index in [2.05, 4.69) is 0 Å². The summed E-state index contributed by atoms with van der Waals surface area (Å²) in [4.78, 5) is 0. The predicted octanol–water partition coefficient (Wildman–Crippen LogP) is -2.92. The van der Waals surface area contributed by atoms with Crippen molar-refractivity contribution in [1.29, 1.82) is 0 Å². The van der Waals surface area contributed by atoms with Crippen LogP contribution in [-0.2, 0) is 6.21 Å². The van der Waals surface area contributed by atoms with Gasteiger partial charge >= 0.3 is 58.0 Å². The molecule has 0 saturated carbocycles. The molecule has 2 N–H and O–H groups in total. The molecule has 6 heteroatoms. The molecule has 38 valence electrons. The molecule has 0 aromatic heterocycles. The molecule has 0 saturated heterocycles. The molecule has 0 aliphatic heterocycles. The standard InChI is InChI=1S/In.H2O4Te.3H/c;1-5(2,3)4;;;/h;(H2,1,2,3,4);;;. The van der Waals surface area contributed by atoms with E-state index < -0.39 is 19.0 Å². The molecule has 0 radical (unpaired) electrons. The Hall–Kier alpha value is 1.18. The molecule has 0 aromatic rings. The molecule has 0 rings (SSSR count). The normalized spacial score (nSPS) is 9.67. The summed E-state index contributed by atoms with van der Waals surface area (Å²) in [5.41, 5.74) is 0. The van der Waals surface area contributed by atoms with Gasteiger partial charge in [0.15, 0.2) is 0 Å². The minimum absolute atomic E-state index is 0. The van der Waals surface area contributed by atoms with Gasteiger partial charge in [0.2, 0.25) is 0 Å². The van der Waals surface area contributed by atoms with E-state index in [1.165, 1.54) is 0 Å². The summed E-state index contributed by atoms with van der Waals surface area (Å²) >= 11 is -5.52. The average Bonchev–Trinajstić information content (AvgIpc) is 0.722. The molecule has 4 nitrogen and oxygen atoms in total. The van der Waals surface area contributed by atoms with Gasteiger partial charge in [0.1, 0.15) is 0 Å². The van der Waals surface area contributed by atoms with Crippen LogP contribution in [0.5, 0.6) is 0 Å². The summed E-state index contributed by atoms with van der Waals surface area (Å²) in [6.45, 7) is 0. The van der Waals surface area contributed by atoms with Crippen molar-refractivity contribution in [1.82, 2.24) is 0 Å². The Morgan fingerprint density at radius 2 is 1.17 bits per heavy atom. The second-order valence-electron chi connectivity index (χ2n) is 0.448. The first-order chi connectivity index (χ1) is 2.00. The van der Waals surface area contributed by atoms with Crippen LogP contribution >= 0.6 is 0 Å². The minimum atomic E-state index is -5.52. The monoisotopic (exact) mass is 314 g/mol. The fraction of sp³-hybridized carbons (Fsp3) is 0. The van der Waals surface area contributed by atoms with Gasteiger partial charge in [0.25, 0.3) is 0 Å². The van der Waals surface area contributed by atoms with Crippen molar-refractivity contribution in [3.8, 4) is 0 Å². The van der Waals surface area contributed by atoms with Gasteiger partial charge in [-0.15, -0.1) is 0 Å². The van der Waals surface area contributed by atoms with Gasteiger partial charge in [-0.1, -0.05) is 0 Å². The molecular formula is H5InO4Te. The molecule has 0 heterocycles. The SMILES string of the molecule is O=[Te](=O)(O)O.[InH3]. The van der Waals surface area contributed by atoms with Crippen LogP contribution in [0.25, 0.3) is 0 Å². The van der Waals surface area contributed by atoms with Gasteiger partial charge in [-0.3, -0.25) is 0 Å². The number of hydrogen-bond acceptors (Lipinski definition) is 2. The zero-order chi connectivity index (χ0) is 4.50. The van der Waals surface area contributed by atoms with E-state index in [-0.39, 0.29) is 25.8 Å². The first kappa shape index (κ1) is 10.2. The summed E-state index contributed by atoms with van der Waals surface area (Å²) in [7, 11) is 0. The van der Waals surface area contributed by atoms with Crippen molar-refractivity contribution in [3.63, 3.8) is 0 Å². The average molecular weight is 311 g/mol. The van der Waals surface area contributed by atoms with E-state index in [1.807, 2.05) is 0 Å². The first-order valence-electron chi connectivity index (χ1n) is 0.698. The maximum absolute atomic E-state index is 8.85. The summed E-state index contributed by atoms with van der Waals surface area (Å²) in [6, 6.07) is 0. The van der Waals surface area contributed by atoms with Crippen LogP contribution in [-0.4, -0.2) is 51.8 Å². The molecule has 0 fully saturated rings. The van der Waals surface area contributed by atoms with Crippen LogP contribution < -0.4 is 0 Å². The molecule has 0 aromatic carbocycles. The van der Waals surface area contributed by atoms with Crippen LogP contribution in [0.15, 0.2) is 0 Å². The Kier molecular flexibility index (Phi) is 5.48. The van der Waals surface area contributed by atoms with Gasteiger partial charge in [0, 0.05) is 0 Å². The van der Waals surface area contributed by atoms with Crippen LogP contribution in [0, 0.1) is 0 Å². The second-order valence-corrected chi connectivity index (χ2v) is 3.00. The van der Waals surface area contributed by atoms with Crippen molar-refractivity contribution < 1.29 is 13.2 Å². The van der Waals surface area contributed by atoms with E-state index >= 15 is 0 Å². The molecule has 0 amide bonds. The van der Waals surface area contributed by atoms with Crippen molar-refractivity contribution >= 4 is 44.8 Å². The summed E-state index contributed by atoms with van der Waals surface area (Å²) in [5, 5.41) is 0. The van der Waals surface area contributed by atoms with Gasteiger partial charge in [-0.05, 0) is 0 Å². The Morgan fingerprint density at radius 1 is 1.17 bits per heavy atom. The van der Waals surface area contributed by atoms with E-state index in [0.29, 0.717) is 0 Å². The molecule has 0 bridgehead atoms. The molecule has 0 atom stereocenters. The maximum atomic E-state index is 8.85. The Bertz CT molecular complexity index is 90.7. The van der Waals surface area contributed by atoms with Gasteiger partial charge in [-0.2, -0.15) is 0 Å². The molecule has 0 spiro atoms. The zero-order valence-electron chi connectivity index (χ0n) is 2.12.